The number of aromatic carboxylic acids is 1. The van der Waals surface area contributed by atoms with Gasteiger partial charge < -0.3 is 19.8 Å². The SMILES string of the molecule is CC(=O)N1CCC(C(=O)N(CCCN2CCC(Cc3ccc(C(=O)O)cc3)CC2)c2ccc(C)c(Cl)c2)CC1. The third-order valence-corrected chi connectivity index (χ3v) is 8.72. The molecule has 0 saturated carbocycles. The molecule has 0 aliphatic carbocycles. The monoisotopic (exact) mass is 553 g/mol. The molecule has 7 nitrogen and oxygen atoms in total. The lowest BCUT2D eigenvalue weighted by Crippen LogP contribution is -2.45. The average Bonchev–Trinajstić information content (AvgIpc) is 2.93. The predicted molar refractivity (Wildman–Crippen MR) is 154 cm³/mol. The third-order valence-electron chi connectivity index (χ3n) is 8.31. The molecule has 2 amide bonds. The molecule has 2 aliphatic heterocycles. The molecule has 2 aromatic carbocycles. The van der Waals surface area contributed by atoms with E-state index in [1.54, 1.807) is 19.1 Å². The van der Waals surface area contributed by atoms with Gasteiger partial charge in [0.1, 0.15) is 0 Å². The largest absolute Gasteiger partial charge is 0.478 e. The first-order chi connectivity index (χ1) is 18.7. The maximum Gasteiger partial charge on any atom is 0.335 e. The summed E-state index contributed by atoms with van der Waals surface area (Å²) in [7, 11) is 0. The van der Waals surface area contributed by atoms with Crippen LogP contribution in [0.4, 0.5) is 5.69 Å². The highest BCUT2D eigenvalue weighted by molar-refractivity contribution is 6.31. The Hall–Kier alpha value is -2.90. The van der Waals surface area contributed by atoms with Gasteiger partial charge in [-0.25, -0.2) is 4.79 Å². The van der Waals surface area contributed by atoms with E-state index in [1.165, 1.54) is 5.56 Å². The molecular formula is C31H40ClN3O4. The molecule has 0 spiro atoms. The van der Waals surface area contributed by atoms with E-state index < -0.39 is 5.97 Å². The summed E-state index contributed by atoms with van der Waals surface area (Å²) in [4.78, 5) is 42.7. The Morgan fingerprint density at radius 2 is 1.64 bits per heavy atom. The molecule has 210 valence electrons. The summed E-state index contributed by atoms with van der Waals surface area (Å²) < 4.78 is 0. The molecule has 2 heterocycles. The number of carboxylic acids is 1. The molecule has 39 heavy (non-hydrogen) atoms. The minimum absolute atomic E-state index is 0.0722. The molecule has 4 rings (SSSR count). The van der Waals surface area contributed by atoms with Gasteiger partial charge in [-0.1, -0.05) is 29.8 Å². The Morgan fingerprint density at radius 1 is 0.974 bits per heavy atom. The minimum atomic E-state index is -0.890. The van der Waals surface area contributed by atoms with Crippen LogP contribution in [0, 0.1) is 18.8 Å². The summed E-state index contributed by atoms with van der Waals surface area (Å²) in [6.07, 6.45) is 5.48. The number of piperidine rings is 2. The van der Waals surface area contributed by atoms with Gasteiger partial charge >= 0.3 is 5.97 Å². The molecule has 2 aromatic rings. The Bertz CT molecular complexity index is 1150. The number of benzene rings is 2. The van der Waals surface area contributed by atoms with Crippen LogP contribution < -0.4 is 4.90 Å². The number of amides is 2. The second kappa shape index (κ2) is 13.4. The summed E-state index contributed by atoms with van der Waals surface area (Å²) in [6, 6.07) is 13.1. The predicted octanol–water partition coefficient (Wildman–Crippen LogP) is 5.28. The Morgan fingerprint density at radius 3 is 2.23 bits per heavy atom. The topological polar surface area (TPSA) is 81.2 Å². The minimum Gasteiger partial charge on any atom is -0.478 e. The van der Waals surface area contributed by atoms with Crippen molar-refractivity contribution < 1.29 is 19.5 Å². The number of hydrogen-bond donors (Lipinski definition) is 1. The van der Waals surface area contributed by atoms with Crippen LogP contribution >= 0.6 is 11.6 Å². The van der Waals surface area contributed by atoms with E-state index in [4.69, 9.17) is 16.7 Å². The number of carboxylic acid groups (broad SMARTS) is 1. The molecular weight excluding hydrogens is 514 g/mol. The summed E-state index contributed by atoms with van der Waals surface area (Å²) in [5.41, 5.74) is 3.36. The summed E-state index contributed by atoms with van der Waals surface area (Å²) in [5.74, 6) is -0.167. The summed E-state index contributed by atoms with van der Waals surface area (Å²) in [5, 5.41) is 9.76. The molecule has 2 saturated heterocycles. The molecule has 0 bridgehead atoms. The van der Waals surface area contributed by atoms with Crippen molar-refractivity contribution in [1.29, 1.82) is 0 Å². The number of likely N-dealkylation sites (tertiary alicyclic amines) is 2. The van der Waals surface area contributed by atoms with E-state index >= 15 is 0 Å². The normalized spacial score (nSPS) is 17.3. The fourth-order valence-corrected chi connectivity index (χ4v) is 5.94. The highest BCUT2D eigenvalue weighted by atomic mass is 35.5. The van der Waals surface area contributed by atoms with Gasteiger partial charge in [-0.05, 0) is 106 Å². The van der Waals surface area contributed by atoms with E-state index in [-0.39, 0.29) is 17.7 Å². The van der Waals surface area contributed by atoms with Crippen molar-refractivity contribution in [3.05, 3.63) is 64.2 Å². The van der Waals surface area contributed by atoms with Gasteiger partial charge in [0.15, 0.2) is 0 Å². The smallest absolute Gasteiger partial charge is 0.335 e. The van der Waals surface area contributed by atoms with Crippen LogP contribution in [0.5, 0.6) is 0 Å². The molecule has 0 aromatic heterocycles. The zero-order valence-electron chi connectivity index (χ0n) is 23.1. The van der Waals surface area contributed by atoms with Gasteiger partial charge in [0.25, 0.3) is 0 Å². The molecule has 2 aliphatic rings. The van der Waals surface area contributed by atoms with Crippen LogP contribution in [0.25, 0.3) is 0 Å². The number of rotatable bonds is 9. The van der Waals surface area contributed by atoms with Crippen molar-refractivity contribution in [2.75, 3.05) is 44.2 Å². The zero-order chi connectivity index (χ0) is 27.9. The Balaban J connectivity index is 1.29. The van der Waals surface area contributed by atoms with E-state index in [1.807, 2.05) is 47.1 Å². The molecule has 0 radical (unpaired) electrons. The fraction of sp³-hybridized carbons (Fsp3) is 0.516. The zero-order valence-corrected chi connectivity index (χ0v) is 23.8. The standard InChI is InChI=1S/C31H40ClN3O4/c1-22-4-9-28(21-29(22)32)35(30(37)26-12-18-34(19-13-26)23(2)36)15-3-14-33-16-10-25(11-17-33)20-24-5-7-27(8-6-24)31(38)39/h4-9,21,25-26H,3,10-20H2,1-2H3,(H,38,39). The number of halogens is 1. The van der Waals surface area contributed by atoms with E-state index in [2.05, 4.69) is 4.90 Å². The number of carbonyl (C=O) groups excluding carboxylic acids is 2. The maximum atomic E-state index is 13.7. The molecule has 0 unspecified atom stereocenters. The molecule has 8 heteroatoms. The van der Waals surface area contributed by atoms with Crippen LogP contribution in [0.1, 0.15) is 60.5 Å². The van der Waals surface area contributed by atoms with Crippen molar-refractivity contribution in [3.8, 4) is 0 Å². The number of carbonyl (C=O) groups is 3. The average molecular weight is 554 g/mol. The van der Waals surface area contributed by atoms with Gasteiger partial charge in [-0.2, -0.15) is 0 Å². The second-order valence-corrected chi connectivity index (χ2v) is 11.5. The van der Waals surface area contributed by atoms with Gasteiger partial charge in [-0.3, -0.25) is 9.59 Å². The van der Waals surface area contributed by atoms with Crippen LogP contribution in [0.2, 0.25) is 5.02 Å². The van der Waals surface area contributed by atoms with Gasteiger partial charge in [0.2, 0.25) is 11.8 Å². The Kier molecular flexibility index (Phi) is 10.0. The van der Waals surface area contributed by atoms with Crippen molar-refractivity contribution >= 4 is 35.1 Å². The van der Waals surface area contributed by atoms with Crippen molar-refractivity contribution in [3.63, 3.8) is 0 Å². The number of aryl methyl sites for hydroxylation is 1. The maximum absolute atomic E-state index is 13.7. The van der Waals surface area contributed by atoms with E-state index in [0.717, 1.165) is 56.6 Å². The van der Waals surface area contributed by atoms with Crippen molar-refractivity contribution in [2.45, 2.75) is 52.4 Å². The van der Waals surface area contributed by atoms with Crippen LogP contribution in [0.3, 0.4) is 0 Å². The van der Waals surface area contributed by atoms with Crippen LogP contribution in [0.15, 0.2) is 42.5 Å². The first-order valence-corrected chi connectivity index (χ1v) is 14.5. The number of nitrogens with zero attached hydrogens (tertiary/aromatic N) is 3. The lowest BCUT2D eigenvalue weighted by molar-refractivity contribution is -0.133. The lowest BCUT2D eigenvalue weighted by atomic mass is 9.90. The van der Waals surface area contributed by atoms with Gasteiger partial charge in [0.05, 0.1) is 5.56 Å². The third kappa shape index (κ3) is 7.83. The molecule has 1 N–H and O–H groups in total. The number of anilines is 1. The second-order valence-electron chi connectivity index (χ2n) is 11.0. The summed E-state index contributed by atoms with van der Waals surface area (Å²) in [6.45, 7) is 8.46. The van der Waals surface area contributed by atoms with Crippen LogP contribution in [-0.2, 0) is 16.0 Å². The molecule has 0 atom stereocenters. The van der Waals surface area contributed by atoms with E-state index in [9.17, 15) is 14.4 Å². The number of hydrogen-bond acceptors (Lipinski definition) is 4. The highest BCUT2D eigenvalue weighted by Crippen LogP contribution is 2.28. The van der Waals surface area contributed by atoms with Crippen molar-refractivity contribution in [1.82, 2.24) is 9.80 Å². The fourth-order valence-electron chi connectivity index (χ4n) is 5.76. The Labute approximate surface area is 236 Å². The van der Waals surface area contributed by atoms with E-state index in [0.29, 0.717) is 49.0 Å². The first kappa shape index (κ1) is 29.1. The molecule has 2 fully saturated rings. The first-order valence-electron chi connectivity index (χ1n) is 14.1. The highest BCUT2D eigenvalue weighted by Gasteiger charge is 2.30. The van der Waals surface area contributed by atoms with Crippen LogP contribution in [-0.4, -0.2) is 72.0 Å². The van der Waals surface area contributed by atoms with Gasteiger partial charge in [-0.15, -0.1) is 0 Å². The summed E-state index contributed by atoms with van der Waals surface area (Å²) >= 11 is 6.43. The van der Waals surface area contributed by atoms with Crippen molar-refractivity contribution in [2.24, 2.45) is 11.8 Å². The lowest BCUT2D eigenvalue weighted by Gasteiger charge is -2.35. The quantitative estimate of drug-likeness (QED) is 0.457. The van der Waals surface area contributed by atoms with Gasteiger partial charge in [0, 0.05) is 43.2 Å².